The Morgan fingerprint density at radius 1 is 1.35 bits per heavy atom. The zero-order valence-corrected chi connectivity index (χ0v) is 13.6. The van der Waals surface area contributed by atoms with Crippen molar-refractivity contribution in [1.82, 2.24) is 5.32 Å². The molecule has 0 saturated carbocycles. The number of hydrogen-bond donors (Lipinski definition) is 1. The van der Waals surface area contributed by atoms with E-state index in [1.165, 1.54) is 11.3 Å². The van der Waals surface area contributed by atoms with Crippen LogP contribution < -0.4 is 10.2 Å². The lowest BCUT2D eigenvalue weighted by Gasteiger charge is -2.25. The van der Waals surface area contributed by atoms with Crippen LogP contribution in [0.4, 0.5) is 5.69 Å². The summed E-state index contributed by atoms with van der Waals surface area (Å²) in [5.74, 6) is 0. The van der Waals surface area contributed by atoms with Gasteiger partial charge in [-0.05, 0) is 24.1 Å². The molecule has 5 heteroatoms. The van der Waals surface area contributed by atoms with Crippen molar-refractivity contribution < 1.29 is 9.47 Å². The first-order valence-electron chi connectivity index (χ1n) is 7.12. The second-order valence-corrected chi connectivity index (χ2v) is 5.81. The molecule has 0 aromatic heterocycles. The average molecular weight is 343 g/mol. The van der Waals surface area contributed by atoms with Crippen molar-refractivity contribution in [1.29, 1.82) is 0 Å². The Kier molecular flexibility index (Phi) is 6.79. The summed E-state index contributed by atoms with van der Waals surface area (Å²) in [6.07, 6.45) is 1.09. The predicted octanol–water partition coefficient (Wildman–Crippen LogP) is 2.41. The van der Waals surface area contributed by atoms with Gasteiger partial charge in [0.25, 0.3) is 0 Å². The van der Waals surface area contributed by atoms with Crippen LogP contribution in [0.15, 0.2) is 22.7 Å². The van der Waals surface area contributed by atoms with Gasteiger partial charge < -0.3 is 19.7 Å². The lowest BCUT2D eigenvalue weighted by molar-refractivity contribution is 0.152. The van der Waals surface area contributed by atoms with Gasteiger partial charge in [-0.3, -0.25) is 0 Å². The van der Waals surface area contributed by atoms with Gasteiger partial charge in [0.2, 0.25) is 0 Å². The number of benzene rings is 1. The number of methoxy groups -OCH3 is 1. The van der Waals surface area contributed by atoms with Crippen LogP contribution in [0.2, 0.25) is 0 Å². The largest absolute Gasteiger partial charge is 0.383 e. The Balaban J connectivity index is 2.06. The van der Waals surface area contributed by atoms with E-state index in [-0.39, 0.29) is 0 Å². The quantitative estimate of drug-likeness (QED) is 0.805. The summed E-state index contributed by atoms with van der Waals surface area (Å²) >= 11 is 3.58. The van der Waals surface area contributed by atoms with E-state index in [0.717, 1.165) is 56.9 Å². The lowest BCUT2D eigenvalue weighted by atomic mass is 10.1. The van der Waals surface area contributed by atoms with Crippen LogP contribution in [-0.2, 0) is 16.0 Å². The molecule has 0 aliphatic carbocycles. The molecule has 4 nitrogen and oxygen atoms in total. The van der Waals surface area contributed by atoms with Gasteiger partial charge in [0.15, 0.2) is 0 Å². The molecular formula is C15H23BrN2O2. The first-order valence-corrected chi connectivity index (χ1v) is 7.91. The van der Waals surface area contributed by atoms with E-state index in [1.807, 2.05) is 0 Å². The molecule has 1 heterocycles. The minimum atomic E-state index is 0.739. The van der Waals surface area contributed by atoms with Crippen LogP contribution in [0.5, 0.6) is 0 Å². The van der Waals surface area contributed by atoms with E-state index in [9.17, 15) is 0 Å². The number of nitrogens with one attached hydrogen (secondary N) is 1. The normalized spacial score (nSPS) is 16.2. The minimum Gasteiger partial charge on any atom is -0.383 e. The molecule has 1 aromatic carbocycles. The Morgan fingerprint density at radius 3 is 3.10 bits per heavy atom. The number of rotatable bonds is 6. The summed E-state index contributed by atoms with van der Waals surface area (Å²) in [4.78, 5) is 2.42. The maximum Gasteiger partial charge on any atom is 0.0641 e. The van der Waals surface area contributed by atoms with E-state index in [1.54, 1.807) is 7.11 Å². The van der Waals surface area contributed by atoms with Crippen molar-refractivity contribution >= 4 is 21.6 Å². The second kappa shape index (κ2) is 8.62. The lowest BCUT2D eigenvalue weighted by Crippen LogP contribution is -2.28. The Morgan fingerprint density at radius 2 is 2.25 bits per heavy atom. The highest BCUT2D eigenvalue weighted by molar-refractivity contribution is 9.10. The van der Waals surface area contributed by atoms with Crippen molar-refractivity contribution in [3.05, 3.63) is 28.2 Å². The van der Waals surface area contributed by atoms with Gasteiger partial charge in [0.05, 0.1) is 13.2 Å². The maximum absolute atomic E-state index is 5.54. The standard InChI is InChI=1S/C15H23BrN2O2/c1-19-9-5-17-12-13-3-4-14(16)11-15(13)18-6-2-8-20-10-7-18/h3-4,11,17H,2,5-10,12H2,1H3. The molecule has 20 heavy (non-hydrogen) atoms. The topological polar surface area (TPSA) is 33.7 Å². The predicted molar refractivity (Wildman–Crippen MR) is 85.4 cm³/mol. The SMILES string of the molecule is COCCNCc1ccc(Br)cc1N1CCCOCC1. The molecule has 112 valence electrons. The van der Waals surface area contributed by atoms with Crippen molar-refractivity contribution in [3.8, 4) is 0 Å². The van der Waals surface area contributed by atoms with E-state index in [2.05, 4.69) is 44.3 Å². The molecule has 1 aliphatic heterocycles. The zero-order chi connectivity index (χ0) is 14.2. The third-order valence-electron chi connectivity index (χ3n) is 3.41. The molecule has 0 atom stereocenters. The Bertz CT molecular complexity index is 407. The molecule has 1 aromatic rings. The van der Waals surface area contributed by atoms with Crippen LogP contribution in [0, 0.1) is 0 Å². The first-order chi connectivity index (χ1) is 9.81. The third kappa shape index (κ3) is 4.74. The molecule has 1 fully saturated rings. The number of halogens is 1. The Labute approximate surface area is 129 Å². The molecule has 0 radical (unpaired) electrons. The van der Waals surface area contributed by atoms with Gasteiger partial charge >= 0.3 is 0 Å². The third-order valence-corrected chi connectivity index (χ3v) is 3.90. The number of nitrogens with zero attached hydrogens (tertiary/aromatic N) is 1. The van der Waals surface area contributed by atoms with Gasteiger partial charge in [-0.15, -0.1) is 0 Å². The molecule has 0 amide bonds. The molecule has 1 N–H and O–H groups in total. The van der Waals surface area contributed by atoms with Crippen LogP contribution in [0.25, 0.3) is 0 Å². The van der Waals surface area contributed by atoms with Gasteiger partial charge in [-0.25, -0.2) is 0 Å². The summed E-state index contributed by atoms with van der Waals surface area (Å²) in [5, 5.41) is 3.42. The Hall–Kier alpha value is -0.620. The molecule has 1 saturated heterocycles. The molecule has 2 rings (SSSR count). The summed E-state index contributed by atoms with van der Waals surface area (Å²) in [5.41, 5.74) is 2.63. The van der Waals surface area contributed by atoms with E-state index < -0.39 is 0 Å². The van der Waals surface area contributed by atoms with Gasteiger partial charge in [-0.2, -0.15) is 0 Å². The number of anilines is 1. The molecular weight excluding hydrogens is 320 g/mol. The van der Waals surface area contributed by atoms with Crippen LogP contribution in [0.3, 0.4) is 0 Å². The summed E-state index contributed by atoms with van der Waals surface area (Å²) < 4.78 is 11.7. The monoisotopic (exact) mass is 342 g/mol. The number of hydrogen-bond acceptors (Lipinski definition) is 4. The van der Waals surface area contributed by atoms with Crippen molar-refractivity contribution in [2.75, 3.05) is 51.5 Å². The second-order valence-electron chi connectivity index (χ2n) is 4.90. The minimum absolute atomic E-state index is 0.739. The maximum atomic E-state index is 5.54. The first kappa shape index (κ1) is 15.8. The molecule has 0 bridgehead atoms. The van der Waals surface area contributed by atoms with E-state index >= 15 is 0 Å². The van der Waals surface area contributed by atoms with Crippen molar-refractivity contribution in [2.24, 2.45) is 0 Å². The van der Waals surface area contributed by atoms with E-state index in [4.69, 9.17) is 9.47 Å². The van der Waals surface area contributed by atoms with Crippen molar-refractivity contribution in [3.63, 3.8) is 0 Å². The summed E-state index contributed by atoms with van der Waals surface area (Å²) in [6, 6.07) is 6.49. The van der Waals surface area contributed by atoms with Crippen molar-refractivity contribution in [2.45, 2.75) is 13.0 Å². The highest BCUT2D eigenvalue weighted by Gasteiger charge is 2.14. The van der Waals surface area contributed by atoms with Crippen LogP contribution in [-0.4, -0.2) is 46.6 Å². The fourth-order valence-corrected chi connectivity index (χ4v) is 2.71. The fourth-order valence-electron chi connectivity index (χ4n) is 2.37. The smallest absolute Gasteiger partial charge is 0.0641 e. The summed E-state index contributed by atoms with van der Waals surface area (Å²) in [7, 11) is 1.73. The highest BCUT2D eigenvalue weighted by atomic mass is 79.9. The number of ether oxygens (including phenoxy) is 2. The molecule has 1 aliphatic rings. The van der Waals surface area contributed by atoms with Gasteiger partial charge in [0, 0.05) is 50.1 Å². The van der Waals surface area contributed by atoms with E-state index in [0.29, 0.717) is 0 Å². The van der Waals surface area contributed by atoms with Crippen LogP contribution in [0.1, 0.15) is 12.0 Å². The fraction of sp³-hybridized carbons (Fsp3) is 0.600. The van der Waals surface area contributed by atoms with Gasteiger partial charge in [-0.1, -0.05) is 22.0 Å². The molecule has 0 unspecified atom stereocenters. The molecule has 0 spiro atoms. The zero-order valence-electron chi connectivity index (χ0n) is 12.0. The van der Waals surface area contributed by atoms with Crippen LogP contribution >= 0.6 is 15.9 Å². The highest BCUT2D eigenvalue weighted by Crippen LogP contribution is 2.26. The van der Waals surface area contributed by atoms with Gasteiger partial charge in [0.1, 0.15) is 0 Å². The summed E-state index contributed by atoms with van der Waals surface area (Å²) in [6.45, 7) is 6.17. The average Bonchev–Trinajstić information content (AvgIpc) is 2.74.